The minimum atomic E-state index is -3.97. The summed E-state index contributed by atoms with van der Waals surface area (Å²) in [5, 5.41) is 13.5. The van der Waals surface area contributed by atoms with Crippen LogP contribution in [-0.2, 0) is 19.6 Å². The molecule has 0 radical (unpaired) electrons. The van der Waals surface area contributed by atoms with Crippen molar-refractivity contribution in [3.8, 4) is 0 Å². The molecule has 29 heavy (non-hydrogen) atoms. The van der Waals surface area contributed by atoms with Crippen LogP contribution in [0.5, 0.6) is 0 Å². The van der Waals surface area contributed by atoms with E-state index in [0.717, 1.165) is 16.6 Å². The van der Waals surface area contributed by atoms with E-state index in [1.54, 1.807) is 12.1 Å². The fraction of sp³-hybridized carbons (Fsp3) is 0.222. The summed E-state index contributed by atoms with van der Waals surface area (Å²) in [6, 6.07) is 9.75. The molecule has 0 saturated carbocycles. The summed E-state index contributed by atoms with van der Waals surface area (Å²) < 4.78 is 30.1. The van der Waals surface area contributed by atoms with E-state index in [9.17, 15) is 28.1 Å². The molecule has 1 N–H and O–H groups in total. The number of anilines is 2. The molecule has 154 valence electrons. The van der Waals surface area contributed by atoms with Crippen LogP contribution < -0.4 is 9.62 Å². The third-order valence-electron chi connectivity index (χ3n) is 3.97. The Labute approximate surface area is 167 Å². The van der Waals surface area contributed by atoms with Crippen molar-refractivity contribution in [2.45, 2.75) is 13.0 Å². The van der Waals surface area contributed by atoms with E-state index in [2.05, 4.69) is 10.1 Å². The first-order valence-electron chi connectivity index (χ1n) is 8.28. The number of nitrogens with one attached hydrogen (secondary N) is 1. The topological polar surface area (TPSA) is 136 Å². The number of nitro groups is 1. The van der Waals surface area contributed by atoms with Crippen LogP contribution in [0.3, 0.4) is 0 Å². The van der Waals surface area contributed by atoms with Gasteiger partial charge in [-0.3, -0.25) is 19.2 Å². The predicted molar refractivity (Wildman–Crippen MR) is 106 cm³/mol. The lowest BCUT2D eigenvalue weighted by Crippen LogP contribution is -2.45. The zero-order chi connectivity index (χ0) is 21.8. The molecule has 0 fully saturated rings. The van der Waals surface area contributed by atoms with Crippen molar-refractivity contribution in [3.63, 3.8) is 0 Å². The molecule has 0 aromatic heterocycles. The average molecular weight is 421 g/mol. The van der Waals surface area contributed by atoms with Gasteiger partial charge in [0.05, 0.1) is 35.2 Å². The fourth-order valence-corrected chi connectivity index (χ4v) is 3.84. The zero-order valence-electron chi connectivity index (χ0n) is 15.9. The van der Waals surface area contributed by atoms with Gasteiger partial charge in [0, 0.05) is 12.1 Å². The SMILES string of the molecule is COC(=O)c1ccccc1NC(=O)C(C)N(c1cccc([N+](=O)[O-])c1)S(C)(=O)=O. The molecule has 0 aliphatic heterocycles. The largest absolute Gasteiger partial charge is 0.465 e. The minimum Gasteiger partial charge on any atom is -0.465 e. The number of ether oxygens (including phenoxy) is 1. The van der Waals surface area contributed by atoms with Gasteiger partial charge < -0.3 is 10.1 Å². The number of benzene rings is 2. The monoisotopic (exact) mass is 421 g/mol. The maximum absolute atomic E-state index is 12.8. The number of rotatable bonds is 7. The second-order valence-electron chi connectivity index (χ2n) is 6.04. The van der Waals surface area contributed by atoms with Crippen LogP contribution in [0.1, 0.15) is 17.3 Å². The Morgan fingerprint density at radius 1 is 1.17 bits per heavy atom. The van der Waals surface area contributed by atoms with E-state index in [4.69, 9.17) is 0 Å². The van der Waals surface area contributed by atoms with E-state index >= 15 is 0 Å². The number of carbonyl (C=O) groups is 2. The number of hydrogen-bond acceptors (Lipinski definition) is 7. The van der Waals surface area contributed by atoms with Crippen molar-refractivity contribution >= 4 is 39.0 Å². The highest BCUT2D eigenvalue weighted by Crippen LogP contribution is 2.26. The Bertz CT molecular complexity index is 1050. The van der Waals surface area contributed by atoms with Gasteiger partial charge in [-0.25, -0.2) is 13.2 Å². The van der Waals surface area contributed by atoms with Crippen molar-refractivity contribution in [2.75, 3.05) is 23.0 Å². The number of methoxy groups -OCH3 is 1. The maximum atomic E-state index is 12.8. The molecule has 11 heteroatoms. The third-order valence-corrected chi connectivity index (χ3v) is 5.22. The van der Waals surface area contributed by atoms with E-state index in [0.29, 0.717) is 0 Å². The molecular formula is C18H19N3O7S. The number of sulfonamides is 1. The quantitative estimate of drug-likeness (QED) is 0.411. The normalized spacial score (nSPS) is 12.0. The van der Waals surface area contributed by atoms with Crippen LogP contribution in [0.25, 0.3) is 0 Å². The zero-order valence-corrected chi connectivity index (χ0v) is 16.7. The summed E-state index contributed by atoms with van der Waals surface area (Å²) in [4.78, 5) is 35.0. The molecule has 0 bridgehead atoms. The molecular weight excluding hydrogens is 402 g/mol. The van der Waals surface area contributed by atoms with Gasteiger partial charge in [0.25, 0.3) is 5.69 Å². The number of nitrogens with zero attached hydrogens (tertiary/aromatic N) is 2. The van der Waals surface area contributed by atoms with Gasteiger partial charge in [-0.05, 0) is 25.1 Å². The first-order valence-corrected chi connectivity index (χ1v) is 10.1. The molecule has 0 saturated heterocycles. The van der Waals surface area contributed by atoms with Crippen LogP contribution in [0.2, 0.25) is 0 Å². The molecule has 10 nitrogen and oxygen atoms in total. The van der Waals surface area contributed by atoms with Crippen LogP contribution in [0.4, 0.5) is 17.1 Å². The lowest BCUT2D eigenvalue weighted by Gasteiger charge is -2.28. The lowest BCUT2D eigenvalue weighted by molar-refractivity contribution is -0.384. The Hall–Kier alpha value is -3.47. The van der Waals surface area contributed by atoms with E-state index in [1.165, 1.54) is 44.4 Å². The summed E-state index contributed by atoms with van der Waals surface area (Å²) in [6.07, 6.45) is 0.887. The summed E-state index contributed by atoms with van der Waals surface area (Å²) >= 11 is 0. The number of amides is 1. The maximum Gasteiger partial charge on any atom is 0.339 e. The predicted octanol–water partition coefficient (Wildman–Crippen LogP) is 2.17. The van der Waals surface area contributed by atoms with Gasteiger partial charge in [0.1, 0.15) is 6.04 Å². The van der Waals surface area contributed by atoms with Gasteiger partial charge in [0.15, 0.2) is 0 Å². The number of para-hydroxylation sites is 1. The molecule has 0 spiro atoms. The Kier molecular flexibility index (Phi) is 6.54. The van der Waals surface area contributed by atoms with Crippen LogP contribution in [0.15, 0.2) is 48.5 Å². The van der Waals surface area contributed by atoms with E-state index in [-0.39, 0.29) is 22.6 Å². The minimum absolute atomic E-state index is 0.0365. The Morgan fingerprint density at radius 2 is 1.83 bits per heavy atom. The highest BCUT2D eigenvalue weighted by molar-refractivity contribution is 7.92. The number of esters is 1. The first kappa shape index (κ1) is 21.8. The lowest BCUT2D eigenvalue weighted by atomic mass is 10.1. The van der Waals surface area contributed by atoms with Crippen LogP contribution >= 0.6 is 0 Å². The number of nitro benzene ring substituents is 1. The van der Waals surface area contributed by atoms with E-state index in [1.807, 2.05) is 0 Å². The van der Waals surface area contributed by atoms with Crippen molar-refractivity contribution in [1.29, 1.82) is 0 Å². The summed E-state index contributed by atoms with van der Waals surface area (Å²) in [5.41, 5.74) is -0.120. The molecule has 2 aromatic rings. The second kappa shape index (κ2) is 8.69. The van der Waals surface area contributed by atoms with Gasteiger partial charge in [-0.2, -0.15) is 0 Å². The van der Waals surface area contributed by atoms with Crippen molar-refractivity contribution < 1.29 is 27.7 Å². The summed E-state index contributed by atoms with van der Waals surface area (Å²) in [7, 11) is -2.78. The molecule has 1 amide bonds. The number of non-ortho nitro benzene ring substituents is 1. The van der Waals surface area contributed by atoms with Crippen molar-refractivity contribution in [2.24, 2.45) is 0 Å². The highest BCUT2D eigenvalue weighted by atomic mass is 32.2. The van der Waals surface area contributed by atoms with Crippen LogP contribution in [-0.4, -0.2) is 44.6 Å². The molecule has 2 aromatic carbocycles. The summed E-state index contributed by atoms with van der Waals surface area (Å²) in [6.45, 7) is 1.33. The van der Waals surface area contributed by atoms with E-state index < -0.39 is 32.9 Å². The molecule has 0 aliphatic rings. The number of hydrogen-bond donors (Lipinski definition) is 1. The Morgan fingerprint density at radius 3 is 2.41 bits per heavy atom. The van der Waals surface area contributed by atoms with Gasteiger partial charge in [-0.1, -0.05) is 18.2 Å². The number of carbonyl (C=O) groups excluding carboxylic acids is 2. The Balaban J connectivity index is 2.40. The molecule has 1 unspecified atom stereocenters. The van der Waals surface area contributed by atoms with Gasteiger partial charge in [-0.15, -0.1) is 0 Å². The second-order valence-corrected chi connectivity index (χ2v) is 7.90. The molecule has 2 rings (SSSR count). The summed E-state index contributed by atoms with van der Waals surface area (Å²) in [5.74, 6) is -1.41. The van der Waals surface area contributed by atoms with Gasteiger partial charge in [0.2, 0.25) is 15.9 Å². The first-order chi connectivity index (χ1) is 13.6. The smallest absolute Gasteiger partial charge is 0.339 e. The highest BCUT2D eigenvalue weighted by Gasteiger charge is 2.30. The molecule has 0 aliphatic carbocycles. The van der Waals surface area contributed by atoms with Gasteiger partial charge >= 0.3 is 5.97 Å². The average Bonchev–Trinajstić information content (AvgIpc) is 2.67. The standard InChI is InChI=1S/C18H19N3O7S/c1-12(17(22)19-16-10-5-4-9-15(16)18(23)28-2)20(29(3,26)27)13-7-6-8-14(11-13)21(24)25/h4-12H,1-3H3,(H,19,22). The molecule has 0 heterocycles. The third kappa shape index (κ3) is 5.08. The van der Waals surface area contributed by atoms with Crippen molar-refractivity contribution in [3.05, 3.63) is 64.2 Å². The van der Waals surface area contributed by atoms with Crippen molar-refractivity contribution in [1.82, 2.24) is 0 Å². The molecule has 1 atom stereocenters. The van der Waals surface area contributed by atoms with Crippen LogP contribution in [0, 0.1) is 10.1 Å². The fourth-order valence-electron chi connectivity index (χ4n) is 2.67.